The van der Waals surface area contributed by atoms with Crippen molar-refractivity contribution < 1.29 is 9.53 Å². The quantitative estimate of drug-likeness (QED) is 0.902. The van der Waals surface area contributed by atoms with Gasteiger partial charge < -0.3 is 14.6 Å². The second kappa shape index (κ2) is 6.05. The molecule has 2 aromatic heterocycles. The van der Waals surface area contributed by atoms with E-state index in [-0.39, 0.29) is 17.9 Å². The number of rotatable bonds is 4. The monoisotopic (exact) mass is 286 g/mol. The highest BCUT2D eigenvalue weighted by Crippen LogP contribution is 2.19. The van der Waals surface area contributed by atoms with Gasteiger partial charge in [0.25, 0.3) is 5.91 Å². The second-order valence-electron chi connectivity index (χ2n) is 5.33. The van der Waals surface area contributed by atoms with E-state index in [2.05, 4.69) is 15.3 Å². The molecule has 110 valence electrons. The highest BCUT2D eigenvalue weighted by Gasteiger charge is 2.30. The molecule has 0 unspecified atom stereocenters. The first-order chi connectivity index (χ1) is 10.2. The minimum absolute atomic E-state index is 0.0283. The molecule has 21 heavy (non-hydrogen) atoms. The molecule has 1 saturated heterocycles. The van der Waals surface area contributed by atoms with Gasteiger partial charge in [-0.15, -0.1) is 0 Å². The Balaban J connectivity index is 1.64. The van der Waals surface area contributed by atoms with Crippen LogP contribution in [0.5, 0.6) is 0 Å². The smallest absolute Gasteiger partial charge is 0.269 e. The van der Waals surface area contributed by atoms with E-state index >= 15 is 0 Å². The number of pyridine rings is 1. The van der Waals surface area contributed by atoms with Crippen LogP contribution in [0.15, 0.2) is 37.1 Å². The summed E-state index contributed by atoms with van der Waals surface area (Å²) in [6.45, 7) is 1.22. The maximum absolute atomic E-state index is 12.2. The molecule has 3 heterocycles. The number of nitrogens with one attached hydrogen (secondary N) is 1. The molecule has 1 N–H and O–H groups in total. The number of aromatic nitrogens is 3. The van der Waals surface area contributed by atoms with Gasteiger partial charge in [-0.05, 0) is 24.1 Å². The van der Waals surface area contributed by atoms with Crippen LogP contribution in [0, 0.1) is 5.92 Å². The number of amides is 1. The van der Waals surface area contributed by atoms with Crippen molar-refractivity contribution in [1.82, 2.24) is 19.9 Å². The molecule has 0 aromatic carbocycles. The molecule has 0 bridgehead atoms. The molecular weight excluding hydrogens is 268 g/mol. The van der Waals surface area contributed by atoms with Crippen LogP contribution in [-0.2, 0) is 18.2 Å². The molecule has 0 spiro atoms. The third-order valence-corrected chi connectivity index (χ3v) is 3.81. The summed E-state index contributed by atoms with van der Waals surface area (Å²) in [4.78, 5) is 20.2. The molecular formula is C15H18N4O2. The number of hydrogen-bond acceptors (Lipinski definition) is 4. The van der Waals surface area contributed by atoms with E-state index in [0.717, 1.165) is 6.42 Å². The van der Waals surface area contributed by atoms with Crippen molar-refractivity contribution in [3.63, 3.8) is 0 Å². The van der Waals surface area contributed by atoms with Gasteiger partial charge >= 0.3 is 0 Å². The van der Waals surface area contributed by atoms with Gasteiger partial charge in [0.15, 0.2) is 0 Å². The lowest BCUT2D eigenvalue weighted by molar-refractivity contribution is 0.0917. The van der Waals surface area contributed by atoms with Gasteiger partial charge in [0.05, 0.1) is 31.8 Å². The lowest BCUT2D eigenvalue weighted by Gasteiger charge is -2.19. The van der Waals surface area contributed by atoms with E-state index in [1.807, 2.05) is 19.2 Å². The average Bonchev–Trinajstić information content (AvgIpc) is 3.10. The molecule has 6 heteroatoms. The van der Waals surface area contributed by atoms with Crippen molar-refractivity contribution in [1.29, 1.82) is 0 Å². The number of imidazole rings is 1. The van der Waals surface area contributed by atoms with Crippen LogP contribution >= 0.6 is 0 Å². The van der Waals surface area contributed by atoms with E-state index in [9.17, 15) is 4.79 Å². The summed E-state index contributed by atoms with van der Waals surface area (Å²) in [5, 5.41) is 3.05. The summed E-state index contributed by atoms with van der Waals surface area (Å²) in [6, 6.07) is 4.02. The van der Waals surface area contributed by atoms with Gasteiger partial charge in [-0.3, -0.25) is 9.78 Å². The third kappa shape index (κ3) is 3.11. The van der Waals surface area contributed by atoms with Gasteiger partial charge in [0.1, 0.15) is 5.69 Å². The number of ether oxygens (including phenoxy) is 1. The fourth-order valence-electron chi connectivity index (χ4n) is 2.60. The first kappa shape index (κ1) is 13.8. The summed E-state index contributed by atoms with van der Waals surface area (Å²) >= 11 is 0. The van der Waals surface area contributed by atoms with Crippen LogP contribution in [0.3, 0.4) is 0 Å². The average molecular weight is 286 g/mol. The highest BCUT2D eigenvalue weighted by atomic mass is 16.5. The van der Waals surface area contributed by atoms with Crippen molar-refractivity contribution in [3.8, 4) is 0 Å². The molecule has 0 saturated carbocycles. The third-order valence-electron chi connectivity index (χ3n) is 3.81. The molecule has 2 aromatic rings. The first-order valence-electron chi connectivity index (χ1n) is 6.98. The van der Waals surface area contributed by atoms with Crippen molar-refractivity contribution >= 4 is 5.91 Å². The molecule has 1 aliphatic rings. The SMILES string of the molecule is Cn1cncc1C(=O)N[C@H]1COC[C@H]1Cc1ccncc1. The van der Waals surface area contributed by atoms with Gasteiger partial charge in [0, 0.05) is 25.4 Å². The van der Waals surface area contributed by atoms with Crippen LogP contribution in [0.4, 0.5) is 0 Å². The highest BCUT2D eigenvalue weighted by molar-refractivity contribution is 5.92. The van der Waals surface area contributed by atoms with Gasteiger partial charge in [-0.2, -0.15) is 0 Å². The predicted molar refractivity (Wildman–Crippen MR) is 76.7 cm³/mol. The molecule has 1 aliphatic heterocycles. The largest absolute Gasteiger partial charge is 0.379 e. The number of carbonyl (C=O) groups excluding carboxylic acids is 1. The summed E-state index contributed by atoms with van der Waals surface area (Å²) in [6.07, 6.45) is 7.64. The zero-order valence-electron chi connectivity index (χ0n) is 11.9. The predicted octanol–water partition coefficient (Wildman–Crippen LogP) is 0.803. The Morgan fingerprint density at radius 3 is 2.90 bits per heavy atom. The van der Waals surface area contributed by atoms with Gasteiger partial charge in [0.2, 0.25) is 0 Å². The minimum Gasteiger partial charge on any atom is -0.379 e. The maximum atomic E-state index is 12.2. The van der Waals surface area contributed by atoms with E-state index in [1.165, 1.54) is 5.56 Å². The van der Waals surface area contributed by atoms with Crippen molar-refractivity contribution in [2.45, 2.75) is 12.5 Å². The van der Waals surface area contributed by atoms with Crippen LogP contribution in [-0.4, -0.2) is 39.7 Å². The summed E-state index contributed by atoms with van der Waals surface area (Å²) < 4.78 is 7.25. The Morgan fingerprint density at radius 1 is 1.38 bits per heavy atom. The van der Waals surface area contributed by atoms with Crippen molar-refractivity contribution in [2.24, 2.45) is 13.0 Å². The van der Waals surface area contributed by atoms with E-state index < -0.39 is 0 Å². The van der Waals surface area contributed by atoms with E-state index in [0.29, 0.717) is 18.9 Å². The second-order valence-corrected chi connectivity index (χ2v) is 5.33. The fourth-order valence-corrected chi connectivity index (χ4v) is 2.60. The van der Waals surface area contributed by atoms with Gasteiger partial charge in [-0.1, -0.05) is 0 Å². The van der Waals surface area contributed by atoms with Crippen molar-refractivity contribution in [2.75, 3.05) is 13.2 Å². The van der Waals surface area contributed by atoms with Crippen LogP contribution < -0.4 is 5.32 Å². The van der Waals surface area contributed by atoms with E-state index in [1.54, 1.807) is 29.5 Å². The summed E-state index contributed by atoms with van der Waals surface area (Å²) in [5.74, 6) is 0.176. The molecule has 6 nitrogen and oxygen atoms in total. The van der Waals surface area contributed by atoms with Crippen molar-refractivity contribution in [3.05, 3.63) is 48.3 Å². The molecule has 3 rings (SSSR count). The number of aryl methyl sites for hydroxylation is 1. The molecule has 0 radical (unpaired) electrons. The molecule has 1 fully saturated rings. The van der Waals surface area contributed by atoms with Crippen LogP contribution in [0.2, 0.25) is 0 Å². The lowest BCUT2D eigenvalue weighted by Crippen LogP contribution is -2.41. The zero-order chi connectivity index (χ0) is 14.7. The Bertz CT molecular complexity index is 611. The Morgan fingerprint density at radius 2 is 2.19 bits per heavy atom. The number of nitrogens with zero attached hydrogens (tertiary/aromatic N) is 3. The Labute approximate surface area is 123 Å². The molecule has 0 aliphatic carbocycles. The van der Waals surface area contributed by atoms with E-state index in [4.69, 9.17) is 4.74 Å². The number of carbonyl (C=O) groups is 1. The Kier molecular flexibility index (Phi) is 3.96. The molecule has 1 amide bonds. The Hall–Kier alpha value is -2.21. The maximum Gasteiger partial charge on any atom is 0.269 e. The number of hydrogen-bond donors (Lipinski definition) is 1. The minimum atomic E-state index is -0.106. The summed E-state index contributed by atoms with van der Waals surface area (Å²) in [5.41, 5.74) is 1.77. The van der Waals surface area contributed by atoms with Crippen LogP contribution in [0.25, 0.3) is 0 Å². The fraction of sp³-hybridized carbons (Fsp3) is 0.400. The normalized spacial score (nSPS) is 21.4. The zero-order valence-corrected chi connectivity index (χ0v) is 11.9. The van der Waals surface area contributed by atoms with Crippen LogP contribution in [0.1, 0.15) is 16.1 Å². The topological polar surface area (TPSA) is 69.0 Å². The van der Waals surface area contributed by atoms with Gasteiger partial charge in [-0.25, -0.2) is 4.98 Å². The first-order valence-corrected chi connectivity index (χ1v) is 6.98. The molecule has 2 atom stereocenters. The standard InChI is InChI=1S/C15H18N4O2/c1-19-10-17-7-14(19)15(20)18-13-9-21-8-12(13)6-11-2-4-16-5-3-11/h2-5,7,10,12-13H,6,8-9H2,1H3,(H,18,20)/t12-,13+/m1/s1. The lowest BCUT2D eigenvalue weighted by atomic mass is 9.95. The summed E-state index contributed by atoms with van der Waals surface area (Å²) in [7, 11) is 1.81.